The summed E-state index contributed by atoms with van der Waals surface area (Å²) in [6.07, 6.45) is 3.92. The number of benzene rings is 2. The molecule has 1 atom stereocenters. The standard InChI is InChI=1S/C26H29N5O5S2/c1-34-19-8-6-18(7-9-19)25-28-24(29-36-25)17-37-26-27-22-15-21(38(32,33)30-12-2-3-13-30)10-11-23(22)31(26)16-20-5-4-14-35-20/h6-11,15,20H,2-5,12-14,16-17H2,1H3/t20-/m0/s1. The van der Waals surface area contributed by atoms with Crippen LogP contribution in [0.15, 0.2) is 57.0 Å². The number of methoxy groups -OCH3 is 1. The topological polar surface area (TPSA) is 113 Å². The quantitative estimate of drug-likeness (QED) is 0.278. The van der Waals surface area contributed by atoms with Gasteiger partial charge in [-0.1, -0.05) is 16.9 Å². The third-order valence-electron chi connectivity index (χ3n) is 6.93. The molecule has 0 unspecified atom stereocenters. The van der Waals surface area contributed by atoms with Gasteiger partial charge in [-0.05, 0) is 68.1 Å². The Labute approximate surface area is 225 Å². The Hall–Kier alpha value is -2.93. The van der Waals surface area contributed by atoms with Crippen LogP contribution in [0.5, 0.6) is 5.75 Å². The number of imidazole rings is 1. The predicted molar refractivity (Wildman–Crippen MR) is 143 cm³/mol. The smallest absolute Gasteiger partial charge is 0.257 e. The molecule has 0 N–H and O–H groups in total. The van der Waals surface area contributed by atoms with Crippen LogP contribution in [-0.2, 0) is 27.1 Å². The summed E-state index contributed by atoms with van der Waals surface area (Å²) in [4.78, 5) is 9.67. The van der Waals surface area contributed by atoms with Crippen molar-refractivity contribution < 1.29 is 22.4 Å². The maximum atomic E-state index is 13.1. The van der Waals surface area contributed by atoms with E-state index < -0.39 is 10.0 Å². The molecule has 0 spiro atoms. The summed E-state index contributed by atoms with van der Waals surface area (Å²) in [5, 5.41) is 4.91. The molecule has 2 aliphatic heterocycles. The van der Waals surface area contributed by atoms with Crippen LogP contribution in [-0.4, -0.2) is 65.3 Å². The van der Waals surface area contributed by atoms with Crippen molar-refractivity contribution in [2.45, 2.75) is 54.1 Å². The Morgan fingerprint density at radius 2 is 1.89 bits per heavy atom. The minimum atomic E-state index is -3.53. The van der Waals surface area contributed by atoms with Gasteiger partial charge in [-0.15, -0.1) is 0 Å². The SMILES string of the molecule is COc1ccc(-c2nc(CSc3nc4cc(S(=O)(=O)N5CCCC5)ccc4n3C[C@@H]3CCCO3)no2)cc1. The molecule has 0 bridgehead atoms. The van der Waals surface area contributed by atoms with Crippen LogP contribution < -0.4 is 4.74 Å². The molecule has 4 aromatic rings. The van der Waals surface area contributed by atoms with E-state index in [1.54, 1.807) is 23.5 Å². The molecule has 2 saturated heterocycles. The zero-order valence-corrected chi connectivity index (χ0v) is 22.7. The largest absolute Gasteiger partial charge is 0.497 e. The fraction of sp³-hybridized carbons (Fsp3) is 0.423. The molecular formula is C26H29N5O5S2. The average molecular weight is 556 g/mol. The minimum Gasteiger partial charge on any atom is -0.497 e. The molecule has 2 fully saturated rings. The second kappa shape index (κ2) is 10.7. The molecule has 6 rings (SSSR count). The molecule has 200 valence electrons. The van der Waals surface area contributed by atoms with Crippen LogP contribution in [0, 0.1) is 0 Å². The van der Waals surface area contributed by atoms with Crippen molar-refractivity contribution in [2.75, 3.05) is 26.8 Å². The van der Waals surface area contributed by atoms with Gasteiger partial charge in [0.1, 0.15) is 5.75 Å². The number of hydrogen-bond donors (Lipinski definition) is 0. The molecule has 2 aromatic heterocycles. The lowest BCUT2D eigenvalue weighted by atomic mass is 10.2. The molecule has 38 heavy (non-hydrogen) atoms. The van der Waals surface area contributed by atoms with Gasteiger partial charge in [0.05, 0.1) is 41.4 Å². The first kappa shape index (κ1) is 25.4. The Balaban J connectivity index is 1.26. The van der Waals surface area contributed by atoms with E-state index in [1.165, 1.54) is 11.8 Å². The van der Waals surface area contributed by atoms with Crippen molar-refractivity contribution in [3.05, 3.63) is 48.3 Å². The summed E-state index contributed by atoms with van der Waals surface area (Å²) in [5.41, 5.74) is 2.35. The normalized spacial score (nSPS) is 18.5. The van der Waals surface area contributed by atoms with Crippen molar-refractivity contribution in [3.8, 4) is 17.2 Å². The number of thioether (sulfide) groups is 1. The van der Waals surface area contributed by atoms with Crippen LogP contribution in [0.2, 0.25) is 0 Å². The van der Waals surface area contributed by atoms with E-state index >= 15 is 0 Å². The van der Waals surface area contributed by atoms with Crippen molar-refractivity contribution in [1.29, 1.82) is 0 Å². The fourth-order valence-corrected chi connectivity index (χ4v) is 7.30. The molecule has 0 amide bonds. The van der Waals surface area contributed by atoms with E-state index in [-0.39, 0.29) is 11.0 Å². The Kier molecular flexibility index (Phi) is 7.12. The summed E-state index contributed by atoms with van der Waals surface area (Å²) in [7, 11) is -1.91. The van der Waals surface area contributed by atoms with Gasteiger partial charge >= 0.3 is 0 Å². The number of nitrogens with zero attached hydrogens (tertiary/aromatic N) is 5. The monoisotopic (exact) mass is 555 g/mol. The molecule has 0 radical (unpaired) electrons. The van der Waals surface area contributed by atoms with Gasteiger partial charge in [0.15, 0.2) is 11.0 Å². The second-order valence-electron chi connectivity index (χ2n) is 9.43. The van der Waals surface area contributed by atoms with E-state index in [9.17, 15) is 8.42 Å². The van der Waals surface area contributed by atoms with Crippen molar-refractivity contribution in [2.24, 2.45) is 0 Å². The van der Waals surface area contributed by atoms with Gasteiger partial charge in [0.2, 0.25) is 10.0 Å². The van der Waals surface area contributed by atoms with Crippen LogP contribution in [0.4, 0.5) is 0 Å². The van der Waals surface area contributed by atoms with Crippen LogP contribution in [0.25, 0.3) is 22.5 Å². The highest BCUT2D eigenvalue weighted by molar-refractivity contribution is 7.98. The summed E-state index contributed by atoms with van der Waals surface area (Å²) in [6.45, 7) is 2.55. The average Bonchev–Trinajstić information content (AvgIpc) is 3.75. The van der Waals surface area contributed by atoms with Crippen LogP contribution in [0.1, 0.15) is 31.5 Å². The lowest BCUT2D eigenvalue weighted by Crippen LogP contribution is -2.27. The number of rotatable bonds is 9. The summed E-state index contributed by atoms with van der Waals surface area (Å²) in [6, 6.07) is 12.7. The van der Waals surface area contributed by atoms with E-state index in [0.29, 0.717) is 42.6 Å². The summed E-state index contributed by atoms with van der Waals surface area (Å²) < 4.78 is 46.6. The first-order valence-electron chi connectivity index (χ1n) is 12.7. The van der Waals surface area contributed by atoms with Gasteiger partial charge in [-0.25, -0.2) is 13.4 Å². The fourth-order valence-electron chi connectivity index (χ4n) is 4.90. The third-order valence-corrected chi connectivity index (χ3v) is 9.80. The molecule has 12 heteroatoms. The van der Waals surface area contributed by atoms with Gasteiger partial charge in [-0.3, -0.25) is 0 Å². The third kappa shape index (κ3) is 5.05. The van der Waals surface area contributed by atoms with Gasteiger partial charge < -0.3 is 18.6 Å². The van der Waals surface area contributed by atoms with E-state index in [1.807, 2.05) is 30.3 Å². The number of hydrogen-bond acceptors (Lipinski definition) is 9. The highest BCUT2D eigenvalue weighted by Crippen LogP contribution is 2.31. The van der Waals surface area contributed by atoms with Crippen LogP contribution >= 0.6 is 11.8 Å². The van der Waals surface area contributed by atoms with Crippen LogP contribution in [0.3, 0.4) is 0 Å². The number of aromatic nitrogens is 4. The second-order valence-corrected chi connectivity index (χ2v) is 12.3. The molecule has 0 aliphatic carbocycles. The summed E-state index contributed by atoms with van der Waals surface area (Å²) >= 11 is 1.49. The van der Waals surface area contributed by atoms with Gasteiger partial charge in [0, 0.05) is 25.3 Å². The summed E-state index contributed by atoms with van der Waals surface area (Å²) in [5.74, 6) is 2.19. The molecule has 10 nitrogen and oxygen atoms in total. The maximum absolute atomic E-state index is 13.1. The molecule has 2 aromatic carbocycles. The zero-order chi connectivity index (χ0) is 26.1. The number of sulfonamides is 1. The highest BCUT2D eigenvalue weighted by atomic mass is 32.2. The Bertz CT molecular complexity index is 1520. The van der Waals surface area contributed by atoms with E-state index in [4.69, 9.17) is 19.0 Å². The molecule has 4 heterocycles. The highest BCUT2D eigenvalue weighted by Gasteiger charge is 2.28. The zero-order valence-electron chi connectivity index (χ0n) is 21.1. The number of ether oxygens (including phenoxy) is 2. The van der Waals surface area contributed by atoms with E-state index in [0.717, 1.165) is 54.3 Å². The Morgan fingerprint density at radius 1 is 1.08 bits per heavy atom. The van der Waals surface area contributed by atoms with Gasteiger partial charge in [-0.2, -0.15) is 9.29 Å². The van der Waals surface area contributed by atoms with Crippen molar-refractivity contribution in [3.63, 3.8) is 0 Å². The van der Waals surface area contributed by atoms with E-state index in [2.05, 4.69) is 14.7 Å². The number of fused-ring (bicyclic) bond motifs is 1. The molecule has 2 aliphatic rings. The lowest BCUT2D eigenvalue weighted by Gasteiger charge is -2.16. The van der Waals surface area contributed by atoms with Gasteiger partial charge in [0.25, 0.3) is 5.89 Å². The predicted octanol–water partition coefficient (Wildman–Crippen LogP) is 4.35. The molecular weight excluding hydrogens is 526 g/mol. The Morgan fingerprint density at radius 3 is 2.63 bits per heavy atom. The van der Waals surface area contributed by atoms with Crippen molar-refractivity contribution in [1.82, 2.24) is 24.0 Å². The first-order chi connectivity index (χ1) is 18.5. The minimum absolute atomic E-state index is 0.103. The van der Waals surface area contributed by atoms with Crippen molar-refractivity contribution >= 4 is 32.8 Å². The maximum Gasteiger partial charge on any atom is 0.257 e. The first-order valence-corrected chi connectivity index (χ1v) is 15.2. The molecule has 0 saturated carbocycles. The lowest BCUT2D eigenvalue weighted by molar-refractivity contribution is 0.0960.